The molecule has 22 heavy (non-hydrogen) atoms. The molecule has 116 valence electrons. The topological polar surface area (TPSA) is 84.2 Å². The van der Waals surface area contributed by atoms with Crippen LogP contribution < -0.4 is 5.32 Å². The number of anilines is 1. The second-order valence-electron chi connectivity index (χ2n) is 4.70. The van der Waals surface area contributed by atoms with Gasteiger partial charge in [-0.05, 0) is 31.4 Å². The average molecular weight is 319 g/mol. The lowest BCUT2D eigenvalue weighted by Crippen LogP contribution is -2.12. The standard InChI is InChI=1S/C15H17N3O3S/c1-10-13(15(20)21)9-16-18(10)12-5-3-4-11(8-12)17-14(19)6-7-22-2/h3-5,8-9H,6-7H2,1-2H3,(H,17,19)(H,20,21). The lowest BCUT2D eigenvalue weighted by molar-refractivity contribution is -0.115. The maximum Gasteiger partial charge on any atom is 0.339 e. The SMILES string of the molecule is CSCCC(=O)Nc1cccc(-n2ncc(C(=O)O)c2C)c1. The summed E-state index contributed by atoms with van der Waals surface area (Å²) >= 11 is 1.62. The van der Waals surface area contributed by atoms with Crippen molar-refractivity contribution in [2.24, 2.45) is 0 Å². The van der Waals surface area contributed by atoms with Crippen LogP contribution in [0.2, 0.25) is 0 Å². The van der Waals surface area contributed by atoms with Crippen molar-refractivity contribution >= 4 is 29.3 Å². The number of hydrogen-bond acceptors (Lipinski definition) is 4. The minimum absolute atomic E-state index is 0.0464. The molecule has 0 atom stereocenters. The van der Waals surface area contributed by atoms with Gasteiger partial charge in [-0.1, -0.05) is 6.07 Å². The second-order valence-corrected chi connectivity index (χ2v) is 5.69. The number of rotatable bonds is 6. The van der Waals surface area contributed by atoms with Gasteiger partial charge in [0.1, 0.15) is 5.56 Å². The first-order chi connectivity index (χ1) is 10.5. The van der Waals surface area contributed by atoms with Gasteiger partial charge in [-0.2, -0.15) is 16.9 Å². The molecule has 0 aliphatic heterocycles. The van der Waals surface area contributed by atoms with Crippen LogP contribution in [0.4, 0.5) is 5.69 Å². The van der Waals surface area contributed by atoms with Crippen molar-refractivity contribution in [1.29, 1.82) is 0 Å². The van der Waals surface area contributed by atoms with E-state index in [2.05, 4.69) is 10.4 Å². The molecular weight excluding hydrogens is 302 g/mol. The third kappa shape index (κ3) is 3.67. The predicted octanol–water partition coefficient (Wildman–Crippen LogP) is 2.57. The number of carbonyl (C=O) groups excluding carboxylic acids is 1. The summed E-state index contributed by atoms with van der Waals surface area (Å²) in [7, 11) is 0. The molecule has 0 bridgehead atoms. The molecule has 0 saturated carbocycles. The fourth-order valence-corrected chi connectivity index (χ4v) is 2.40. The first kappa shape index (κ1) is 16.1. The molecule has 1 aromatic heterocycles. The molecule has 7 heteroatoms. The van der Waals surface area contributed by atoms with E-state index < -0.39 is 5.97 Å². The maximum absolute atomic E-state index is 11.8. The molecule has 1 heterocycles. The summed E-state index contributed by atoms with van der Waals surface area (Å²) in [5, 5.41) is 16.0. The first-order valence-electron chi connectivity index (χ1n) is 6.70. The molecule has 0 unspecified atom stereocenters. The molecule has 0 spiro atoms. The van der Waals surface area contributed by atoms with Gasteiger partial charge in [-0.3, -0.25) is 4.79 Å². The zero-order valence-corrected chi connectivity index (χ0v) is 13.2. The Morgan fingerprint density at radius 1 is 1.41 bits per heavy atom. The second kappa shape index (κ2) is 7.13. The highest BCUT2D eigenvalue weighted by Crippen LogP contribution is 2.18. The normalized spacial score (nSPS) is 10.5. The highest BCUT2D eigenvalue weighted by Gasteiger charge is 2.14. The van der Waals surface area contributed by atoms with E-state index >= 15 is 0 Å². The minimum Gasteiger partial charge on any atom is -0.478 e. The van der Waals surface area contributed by atoms with Crippen molar-refractivity contribution in [2.45, 2.75) is 13.3 Å². The molecule has 2 N–H and O–H groups in total. The molecule has 0 aliphatic rings. The van der Waals surface area contributed by atoms with Gasteiger partial charge in [0, 0.05) is 17.9 Å². The fourth-order valence-electron chi connectivity index (χ4n) is 2.01. The van der Waals surface area contributed by atoms with Gasteiger partial charge in [0.25, 0.3) is 0 Å². The molecule has 0 radical (unpaired) electrons. The largest absolute Gasteiger partial charge is 0.478 e. The summed E-state index contributed by atoms with van der Waals surface area (Å²) < 4.78 is 1.54. The van der Waals surface area contributed by atoms with E-state index in [9.17, 15) is 9.59 Å². The third-order valence-corrected chi connectivity index (χ3v) is 3.76. The Kier molecular flexibility index (Phi) is 5.21. The number of carbonyl (C=O) groups is 2. The van der Waals surface area contributed by atoms with Crippen LogP contribution in [-0.4, -0.2) is 38.8 Å². The number of aromatic nitrogens is 2. The lowest BCUT2D eigenvalue weighted by Gasteiger charge is -2.09. The Hall–Kier alpha value is -2.28. The Morgan fingerprint density at radius 3 is 2.82 bits per heavy atom. The van der Waals surface area contributed by atoms with Crippen LogP contribution in [0.15, 0.2) is 30.5 Å². The summed E-state index contributed by atoms with van der Waals surface area (Å²) in [6, 6.07) is 7.16. The monoisotopic (exact) mass is 319 g/mol. The van der Waals surface area contributed by atoms with E-state index in [1.165, 1.54) is 6.20 Å². The van der Waals surface area contributed by atoms with Crippen LogP contribution in [-0.2, 0) is 4.79 Å². The number of aromatic carboxylic acids is 1. The number of nitrogens with one attached hydrogen (secondary N) is 1. The first-order valence-corrected chi connectivity index (χ1v) is 8.09. The van der Waals surface area contributed by atoms with Crippen molar-refractivity contribution in [3.63, 3.8) is 0 Å². The summed E-state index contributed by atoms with van der Waals surface area (Å²) in [6.45, 7) is 1.69. The number of carboxylic acids is 1. The molecule has 6 nitrogen and oxygen atoms in total. The molecule has 0 aliphatic carbocycles. The van der Waals surface area contributed by atoms with Crippen LogP contribution in [0.3, 0.4) is 0 Å². The van der Waals surface area contributed by atoms with E-state index in [1.54, 1.807) is 41.6 Å². The molecule has 2 aromatic rings. The number of nitrogens with zero attached hydrogens (tertiary/aromatic N) is 2. The van der Waals surface area contributed by atoms with Gasteiger partial charge >= 0.3 is 5.97 Å². The van der Waals surface area contributed by atoms with E-state index in [1.807, 2.05) is 12.3 Å². The van der Waals surface area contributed by atoms with Crippen LogP contribution in [0, 0.1) is 6.92 Å². The van der Waals surface area contributed by atoms with Crippen molar-refractivity contribution in [3.8, 4) is 5.69 Å². The number of carboxylic acid groups (broad SMARTS) is 1. The van der Waals surface area contributed by atoms with Crippen molar-refractivity contribution in [1.82, 2.24) is 9.78 Å². The van der Waals surface area contributed by atoms with Gasteiger partial charge in [-0.15, -0.1) is 0 Å². The quantitative estimate of drug-likeness (QED) is 0.855. The smallest absolute Gasteiger partial charge is 0.339 e. The molecule has 1 aromatic carbocycles. The summed E-state index contributed by atoms with van der Waals surface area (Å²) in [5.41, 5.74) is 2.07. The maximum atomic E-state index is 11.8. The van der Waals surface area contributed by atoms with Crippen molar-refractivity contribution in [2.75, 3.05) is 17.3 Å². The number of benzene rings is 1. The van der Waals surface area contributed by atoms with Crippen LogP contribution in [0.5, 0.6) is 0 Å². The lowest BCUT2D eigenvalue weighted by atomic mass is 10.2. The van der Waals surface area contributed by atoms with Gasteiger partial charge in [-0.25, -0.2) is 9.48 Å². The Morgan fingerprint density at radius 2 is 2.18 bits per heavy atom. The van der Waals surface area contributed by atoms with Gasteiger partial charge in [0.05, 0.1) is 17.6 Å². The zero-order chi connectivity index (χ0) is 16.1. The molecule has 1 amide bonds. The number of thioether (sulfide) groups is 1. The molecular formula is C15H17N3O3S. The minimum atomic E-state index is -1.01. The summed E-state index contributed by atoms with van der Waals surface area (Å²) in [5.74, 6) is -0.286. The Labute approximate surface area is 132 Å². The Bertz CT molecular complexity index is 697. The van der Waals surface area contributed by atoms with E-state index in [0.717, 1.165) is 5.75 Å². The predicted molar refractivity (Wildman–Crippen MR) is 86.9 cm³/mol. The van der Waals surface area contributed by atoms with Crippen molar-refractivity contribution in [3.05, 3.63) is 41.7 Å². The average Bonchev–Trinajstić information content (AvgIpc) is 2.87. The summed E-state index contributed by atoms with van der Waals surface area (Å²) in [6.07, 6.45) is 3.73. The van der Waals surface area contributed by atoms with E-state index in [-0.39, 0.29) is 11.5 Å². The van der Waals surface area contributed by atoms with Crippen LogP contribution in [0.25, 0.3) is 5.69 Å². The van der Waals surface area contributed by atoms with Crippen LogP contribution in [0.1, 0.15) is 22.5 Å². The Balaban J connectivity index is 2.21. The van der Waals surface area contributed by atoms with E-state index in [0.29, 0.717) is 23.5 Å². The van der Waals surface area contributed by atoms with Gasteiger partial charge in [0.2, 0.25) is 5.91 Å². The number of hydrogen-bond donors (Lipinski definition) is 2. The van der Waals surface area contributed by atoms with Gasteiger partial charge < -0.3 is 10.4 Å². The van der Waals surface area contributed by atoms with E-state index in [4.69, 9.17) is 5.11 Å². The van der Waals surface area contributed by atoms with Crippen LogP contribution >= 0.6 is 11.8 Å². The third-order valence-electron chi connectivity index (χ3n) is 3.15. The molecule has 2 rings (SSSR count). The fraction of sp³-hybridized carbons (Fsp3) is 0.267. The highest BCUT2D eigenvalue weighted by atomic mass is 32.2. The van der Waals surface area contributed by atoms with Gasteiger partial charge in [0.15, 0.2) is 0 Å². The van der Waals surface area contributed by atoms with Crippen molar-refractivity contribution < 1.29 is 14.7 Å². The summed E-state index contributed by atoms with van der Waals surface area (Å²) in [4.78, 5) is 22.8. The molecule has 0 fully saturated rings. The number of amides is 1. The molecule has 0 saturated heterocycles. The zero-order valence-electron chi connectivity index (χ0n) is 12.4. The highest BCUT2D eigenvalue weighted by molar-refractivity contribution is 7.98.